The van der Waals surface area contributed by atoms with E-state index in [2.05, 4.69) is 6.07 Å². The lowest BCUT2D eigenvalue weighted by molar-refractivity contribution is 0.387. The Morgan fingerprint density at radius 2 is 1.53 bits per heavy atom. The van der Waals surface area contributed by atoms with Gasteiger partial charge in [0.25, 0.3) is 0 Å². The highest BCUT2D eigenvalue weighted by Crippen LogP contribution is 2.30. The van der Waals surface area contributed by atoms with E-state index in [1.165, 1.54) is 0 Å². The van der Waals surface area contributed by atoms with Crippen LogP contribution in [0.5, 0.6) is 11.5 Å². The second-order valence-corrected chi connectivity index (χ2v) is 4.13. The number of benzene rings is 2. The average Bonchev–Trinajstić information content (AvgIpc) is 2.48. The molecule has 2 aromatic rings. The third-order valence-corrected chi connectivity index (χ3v) is 2.99. The smallest absolute Gasteiger partial charge is 0.126 e. The van der Waals surface area contributed by atoms with Crippen LogP contribution in [-0.4, -0.2) is 14.2 Å². The Labute approximate surface area is 113 Å². The van der Waals surface area contributed by atoms with Crippen LogP contribution in [0.3, 0.4) is 0 Å². The van der Waals surface area contributed by atoms with Crippen LogP contribution in [0.15, 0.2) is 42.5 Å². The maximum Gasteiger partial charge on any atom is 0.126 e. The molecule has 0 amide bonds. The van der Waals surface area contributed by atoms with Gasteiger partial charge in [-0.15, -0.1) is 0 Å². The SMILES string of the molecule is COc1cccc(OC)c1Cc1ccc(C#N)cc1. The van der Waals surface area contributed by atoms with E-state index in [9.17, 15) is 0 Å². The van der Waals surface area contributed by atoms with Gasteiger partial charge in [-0.1, -0.05) is 18.2 Å². The Morgan fingerprint density at radius 3 is 2.00 bits per heavy atom. The van der Waals surface area contributed by atoms with Crippen molar-refractivity contribution < 1.29 is 9.47 Å². The van der Waals surface area contributed by atoms with Crippen molar-refractivity contribution in [2.75, 3.05) is 14.2 Å². The van der Waals surface area contributed by atoms with Crippen LogP contribution in [0.2, 0.25) is 0 Å². The van der Waals surface area contributed by atoms with E-state index in [1.54, 1.807) is 14.2 Å². The Bertz CT molecular complexity index is 575. The van der Waals surface area contributed by atoms with Gasteiger partial charge in [0.15, 0.2) is 0 Å². The number of ether oxygens (including phenoxy) is 2. The van der Waals surface area contributed by atoms with Gasteiger partial charge in [-0.3, -0.25) is 0 Å². The predicted molar refractivity (Wildman–Crippen MR) is 73.5 cm³/mol. The Hall–Kier alpha value is -2.47. The summed E-state index contributed by atoms with van der Waals surface area (Å²) in [6.45, 7) is 0. The van der Waals surface area contributed by atoms with Crippen molar-refractivity contribution in [3.05, 3.63) is 59.2 Å². The molecule has 0 N–H and O–H groups in total. The molecule has 0 bridgehead atoms. The van der Waals surface area contributed by atoms with Crippen molar-refractivity contribution in [2.24, 2.45) is 0 Å². The summed E-state index contributed by atoms with van der Waals surface area (Å²) in [5.41, 5.74) is 2.79. The fraction of sp³-hybridized carbons (Fsp3) is 0.188. The minimum atomic E-state index is 0.663. The minimum absolute atomic E-state index is 0.663. The number of nitrogens with zero attached hydrogens (tertiary/aromatic N) is 1. The molecule has 0 spiro atoms. The number of nitriles is 1. The monoisotopic (exact) mass is 253 g/mol. The second-order valence-electron chi connectivity index (χ2n) is 4.13. The molecule has 0 aliphatic carbocycles. The summed E-state index contributed by atoms with van der Waals surface area (Å²) in [5, 5.41) is 8.79. The van der Waals surface area contributed by atoms with Gasteiger partial charge in [0.05, 0.1) is 25.9 Å². The molecule has 96 valence electrons. The molecule has 2 aromatic carbocycles. The van der Waals surface area contributed by atoms with Crippen LogP contribution in [0.4, 0.5) is 0 Å². The van der Waals surface area contributed by atoms with Crippen molar-refractivity contribution in [1.29, 1.82) is 5.26 Å². The number of rotatable bonds is 4. The first-order valence-electron chi connectivity index (χ1n) is 5.97. The van der Waals surface area contributed by atoms with Gasteiger partial charge in [-0.25, -0.2) is 0 Å². The van der Waals surface area contributed by atoms with Crippen LogP contribution in [0, 0.1) is 11.3 Å². The van der Waals surface area contributed by atoms with Crippen molar-refractivity contribution in [2.45, 2.75) is 6.42 Å². The molecule has 0 aliphatic heterocycles. The molecular formula is C16H15NO2. The van der Waals surface area contributed by atoms with Crippen LogP contribution in [-0.2, 0) is 6.42 Å². The summed E-state index contributed by atoms with van der Waals surface area (Å²) in [4.78, 5) is 0. The first-order valence-corrected chi connectivity index (χ1v) is 5.97. The third kappa shape index (κ3) is 2.86. The summed E-state index contributed by atoms with van der Waals surface area (Å²) in [5.74, 6) is 1.62. The molecule has 3 heteroatoms. The second kappa shape index (κ2) is 5.92. The highest BCUT2D eigenvalue weighted by molar-refractivity contribution is 5.48. The van der Waals surface area contributed by atoms with E-state index in [0.29, 0.717) is 12.0 Å². The van der Waals surface area contributed by atoms with Gasteiger partial charge in [-0.2, -0.15) is 5.26 Å². The molecule has 0 unspecified atom stereocenters. The Kier molecular flexibility index (Phi) is 4.04. The maximum absolute atomic E-state index is 8.79. The molecule has 3 nitrogen and oxygen atoms in total. The Morgan fingerprint density at radius 1 is 0.947 bits per heavy atom. The highest BCUT2D eigenvalue weighted by atomic mass is 16.5. The van der Waals surface area contributed by atoms with Gasteiger partial charge >= 0.3 is 0 Å². The first kappa shape index (κ1) is 13.0. The van der Waals surface area contributed by atoms with Gasteiger partial charge in [0, 0.05) is 12.0 Å². The summed E-state index contributed by atoms with van der Waals surface area (Å²) in [6.07, 6.45) is 0.707. The molecule has 2 rings (SSSR count). The highest BCUT2D eigenvalue weighted by Gasteiger charge is 2.10. The number of hydrogen-bond acceptors (Lipinski definition) is 3. The number of methoxy groups -OCH3 is 2. The van der Waals surface area contributed by atoms with E-state index in [1.807, 2.05) is 42.5 Å². The van der Waals surface area contributed by atoms with E-state index in [0.717, 1.165) is 22.6 Å². The van der Waals surface area contributed by atoms with E-state index < -0.39 is 0 Å². The lowest BCUT2D eigenvalue weighted by Gasteiger charge is -2.13. The molecule has 0 atom stereocenters. The zero-order valence-corrected chi connectivity index (χ0v) is 11.0. The fourth-order valence-corrected chi connectivity index (χ4v) is 2.00. The van der Waals surface area contributed by atoms with Gasteiger partial charge < -0.3 is 9.47 Å². The topological polar surface area (TPSA) is 42.2 Å². The largest absolute Gasteiger partial charge is 0.496 e. The normalized spacial score (nSPS) is 9.74. The van der Waals surface area contributed by atoms with Crippen LogP contribution in [0.25, 0.3) is 0 Å². The quantitative estimate of drug-likeness (QED) is 0.840. The van der Waals surface area contributed by atoms with Crippen molar-refractivity contribution >= 4 is 0 Å². The predicted octanol–water partition coefficient (Wildman–Crippen LogP) is 3.17. The molecule has 19 heavy (non-hydrogen) atoms. The summed E-state index contributed by atoms with van der Waals surface area (Å²) < 4.78 is 10.7. The lowest BCUT2D eigenvalue weighted by atomic mass is 10.0. The number of hydrogen-bond donors (Lipinski definition) is 0. The van der Waals surface area contributed by atoms with Crippen molar-refractivity contribution in [3.63, 3.8) is 0 Å². The van der Waals surface area contributed by atoms with Crippen molar-refractivity contribution in [3.8, 4) is 17.6 Å². The molecule has 0 radical (unpaired) electrons. The minimum Gasteiger partial charge on any atom is -0.496 e. The average molecular weight is 253 g/mol. The van der Waals surface area contributed by atoms with Crippen LogP contribution >= 0.6 is 0 Å². The molecule has 0 aromatic heterocycles. The first-order chi connectivity index (χ1) is 9.28. The van der Waals surface area contributed by atoms with E-state index in [-0.39, 0.29) is 0 Å². The fourth-order valence-electron chi connectivity index (χ4n) is 2.00. The summed E-state index contributed by atoms with van der Waals surface area (Å²) in [6, 6.07) is 15.4. The molecule has 0 aliphatic rings. The summed E-state index contributed by atoms with van der Waals surface area (Å²) >= 11 is 0. The zero-order valence-electron chi connectivity index (χ0n) is 11.0. The van der Waals surface area contributed by atoms with E-state index >= 15 is 0 Å². The lowest BCUT2D eigenvalue weighted by Crippen LogP contribution is -1.98. The summed E-state index contributed by atoms with van der Waals surface area (Å²) in [7, 11) is 3.30. The van der Waals surface area contributed by atoms with Gasteiger partial charge in [0.2, 0.25) is 0 Å². The molecule has 0 fully saturated rings. The molecule has 0 saturated carbocycles. The Balaban J connectivity index is 2.34. The third-order valence-electron chi connectivity index (χ3n) is 2.99. The van der Waals surface area contributed by atoms with Crippen LogP contribution in [0.1, 0.15) is 16.7 Å². The van der Waals surface area contributed by atoms with Crippen LogP contribution < -0.4 is 9.47 Å². The molecule has 0 heterocycles. The zero-order chi connectivity index (χ0) is 13.7. The van der Waals surface area contributed by atoms with Crippen molar-refractivity contribution in [1.82, 2.24) is 0 Å². The van der Waals surface area contributed by atoms with E-state index in [4.69, 9.17) is 14.7 Å². The molecule has 0 saturated heterocycles. The van der Waals surface area contributed by atoms with Gasteiger partial charge in [-0.05, 0) is 29.8 Å². The van der Waals surface area contributed by atoms with Gasteiger partial charge in [0.1, 0.15) is 11.5 Å². The molecular weight excluding hydrogens is 238 g/mol. The standard InChI is InChI=1S/C16H15NO2/c1-18-15-4-3-5-16(19-2)14(15)10-12-6-8-13(11-17)9-7-12/h3-9H,10H2,1-2H3. The maximum atomic E-state index is 8.79.